The summed E-state index contributed by atoms with van der Waals surface area (Å²) >= 11 is 0. The predicted octanol–water partition coefficient (Wildman–Crippen LogP) is -0.776. The van der Waals surface area contributed by atoms with Crippen LogP contribution in [0.25, 0.3) is 0 Å². The molecule has 0 saturated heterocycles. The number of aliphatic hydroxyl groups excluding tert-OH is 1. The Labute approximate surface area is 77.6 Å². The zero-order valence-electron chi connectivity index (χ0n) is 8.15. The third-order valence-corrected chi connectivity index (χ3v) is 1.96. The fourth-order valence-electron chi connectivity index (χ4n) is 1.10. The molecule has 5 nitrogen and oxygen atoms in total. The number of aldehydes is 1. The van der Waals surface area contributed by atoms with Crippen LogP contribution < -0.4 is 0 Å². The molecule has 1 N–H and O–H groups in total. The van der Waals surface area contributed by atoms with Crippen LogP contribution in [0.1, 0.15) is 0 Å². The molecule has 0 radical (unpaired) electrons. The van der Waals surface area contributed by atoms with Crippen LogP contribution in [0, 0.1) is 0 Å². The maximum absolute atomic E-state index is 10.6. The van der Waals surface area contributed by atoms with Crippen molar-refractivity contribution < 1.29 is 24.1 Å². The molecule has 0 heterocycles. The summed E-state index contributed by atoms with van der Waals surface area (Å²) < 4.78 is 14.8. The quantitative estimate of drug-likeness (QED) is 0.536. The Morgan fingerprint density at radius 2 is 2.08 bits per heavy atom. The first-order valence-electron chi connectivity index (χ1n) is 3.83. The van der Waals surface area contributed by atoms with Gasteiger partial charge in [0.15, 0.2) is 6.29 Å². The molecule has 0 aliphatic rings. The lowest BCUT2D eigenvalue weighted by molar-refractivity contribution is -0.169. The Morgan fingerprint density at radius 3 is 2.31 bits per heavy atom. The van der Waals surface area contributed by atoms with Gasteiger partial charge in [-0.15, -0.1) is 0 Å². The molecule has 0 aromatic heterocycles. The van der Waals surface area contributed by atoms with Gasteiger partial charge in [-0.05, 0) is 0 Å². The Balaban J connectivity index is 4.59. The highest BCUT2D eigenvalue weighted by Crippen LogP contribution is 2.16. The molecule has 5 heteroatoms. The van der Waals surface area contributed by atoms with E-state index in [2.05, 4.69) is 0 Å². The number of hydrogen-bond donors (Lipinski definition) is 1. The molecule has 0 amide bonds. The second-order valence-corrected chi connectivity index (χ2v) is 2.65. The van der Waals surface area contributed by atoms with Crippen molar-refractivity contribution in [3.63, 3.8) is 0 Å². The lowest BCUT2D eigenvalue weighted by Crippen LogP contribution is -2.52. The lowest BCUT2D eigenvalue weighted by atomic mass is 9.99. The van der Waals surface area contributed by atoms with E-state index in [0.717, 1.165) is 0 Å². The number of carbonyl (C=O) groups excluding carboxylic acids is 1. The molecule has 78 valence electrons. The normalized spacial score (nSPS) is 17.8. The van der Waals surface area contributed by atoms with Crippen LogP contribution in [-0.2, 0) is 19.0 Å². The zero-order valence-corrected chi connectivity index (χ0v) is 8.15. The molecule has 0 bridgehead atoms. The Morgan fingerprint density at radius 1 is 1.46 bits per heavy atom. The third kappa shape index (κ3) is 2.73. The SMILES string of the molecule is COCC(CO)(OC)[C@H](C=O)OC. The Bertz CT molecular complexity index is 143. The van der Waals surface area contributed by atoms with Gasteiger partial charge in [-0.1, -0.05) is 0 Å². The standard InChI is InChI=1S/C8H16O5/c1-11-6-8(5-10,13-3)7(4-9)12-2/h4,7,10H,5-6H2,1-3H3/t7-,8?/m0/s1. The summed E-state index contributed by atoms with van der Waals surface area (Å²) in [5.74, 6) is 0. The average Bonchev–Trinajstić information content (AvgIpc) is 2.18. The van der Waals surface area contributed by atoms with Crippen molar-refractivity contribution in [2.24, 2.45) is 0 Å². The number of aliphatic hydroxyl groups is 1. The lowest BCUT2D eigenvalue weighted by Gasteiger charge is -2.33. The van der Waals surface area contributed by atoms with Crippen LogP contribution in [0.3, 0.4) is 0 Å². The maximum atomic E-state index is 10.6. The first-order valence-corrected chi connectivity index (χ1v) is 3.83. The fourth-order valence-corrected chi connectivity index (χ4v) is 1.10. The van der Waals surface area contributed by atoms with Gasteiger partial charge in [0.2, 0.25) is 0 Å². The van der Waals surface area contributed by atoms with E-state index in [1.807, 2.05) is 0 Å². The summed E-state index contributed by atoms with van der Waals surface area (Å²) in [7, 11) is 4.23. The monoisotopic (exact) mass is 192 g/mol. The fraction of sp³-hybridized carbons (Fsp3) is 0.875. The van der Waals surface area contributed by atoms with Gasteiger partial charge in [0.05, 0.1) is 13.2 Å². The van der Waals surface area contributed by atoms with Crippen LogP contribution in [0.15, 0.2) is 0 Å². The topological polar surface area (TPSA) is 65.0 Å². The van der Waals surface area contributed by atoms with Gasteiger partial charge in [-0.2, -0.15) is 0 Å². The highest BCUT2D eigenvalue weighted by molar-refractivity contribution is 5.58. The molecule has 0 spiro atoms. The number of ether oxygens (including phenoxy) is 3. The summed E-state index contributed by atoms with van der Waals surface area (Å²) in [6.45, 7) is -0.244. The third-order valence-electron chi connectivity index (χ3n) is 1.96. The van der Waals surface area contributed by atoms with Gasteiger partial charge in [0.25, 0.3) is 0 Å². The molecular formula is C8H16O5. The molecule has 0 aliphatic heterocycles. The Hall–Kier alpha value is -0.490. The van der Waals surface area contributed by atoms with E-state index in [-0.39, 0.29) is 13.2 Å². The summed E-state index contributed by atoms with van der Waals surface area (Å²) in [4.78, 5) is 10.6. The van der Waals surface area contributed by atoms with Crippen molar-refractivity contribution in [2.75, 3.05) is 34.5 Å². The smallest absolute Gasteiger partial charge is 0.151 e. The predicted molar refractivity (Wildman–Crippen MR) is 45.6 cm³/mol. The summed E-state index contributed by atoms with van der Waals surface area (Å²) in [5, 5.41) is 9.10. The second kappa shape index (κ2) is 6.04. The van der Waals surface area contributed by atoms with Crippen LogP contribution in [0.4, 0.5) is 0 Å². The van der Waals surface area contributed by atoms with Crippen LogP contribution in [0.5, 0.6) is 0 Å². The van der Waals surface area contributed by atoms with E-state index in [1.54, 1.807) is 0 Å². The van der Waals surface area contributed by atoms with Gasteiger partial charge in [-0.3, -0.25) is 0 Å². The maximum Gasteiger partial charge on any atom is 0.151 e. The highest BCUT2D eigenvalue weighted by Gasteiger charge is 2.39. The molecular weight excluding hydrogens is 176 g/mol. The van der Waals surface area contributed by atoms with Crippen LogP contribution in [-0.4, -0.2) is 57.6 Å². The van der Waals surface area contributed by atoms with Crippen molar-refractivity contribution in [1.29, 1.82) is 0 Å². The molecule has 0 rings (SSSR count). The molecule has 2 atom stereocenters. The van der Waals surface area contributed by atoms with E-state index < -0.39 is 11.7 Å². The molecule has 0 saturated carbocycles. The first kappa shape index (κ1) is 12.5. The minimum atomic E-state index is -1.11. The number of hydrogen-bond acceptors (Lipinski definition) is 5. The van der Waals surface area contributed by atoms with E-state index in [4.69, 9.17) is 19.3 Å². The van der Waals surface area contributed by atoms with Gasteiger partial charge >= 0.3 is 0 Å². The van der Waals surface area contributed by atoms with E-state index in [1.165, 1.54) is 21.3 Å². The van der Waals surface area contributed by atoms with Crippen molar-refractivity contribution in [2.45, 2.75) is 11.7 Å². The van der Waals surface area contributed by atoms with Crippen LogP contribution >= 0.6 is 0 Å². The van der Waals surface area contributed by atoms with Crippen LogP contribution in [0.2, 0.25) is 0 Å². The van der Waals surface area contributed by atoms with Crippen molar-refractivity contribution in [1.82, 2.24) is 0 Å². The molecule has 0 fully saturated rings. The average molecular weight is 192 g/mol. The molecule has 0 aromatic carbocycles. The second-order valence-electron chi connectivity index (χ2n) is 2.65. The first-order chi connectivity index (χ1) is 6.20. The van der Waals surface area contributed by atoms with Gasteiger partial charge in [0, 0.05) is 21.3 Å². The number of methoxy groups -OCH3 is 3. The summed E-state index contributed by atoms with van der Waals surface area (Å²) in [6.07, 6.45) is -0.249. The number of rotatable bonds is 7. The summed E-state index contributed by atoms with van der Waals surface area (Å²) in [6, 6.07) is 0. The zero-order chi connectivity index (χ0) is 10.3. The molecule has 13 heavy (non-hydrogen) atoms. The van der Waals surface area contributed by atoms with Gasteiger partial charge < -0.3 is 24.1 Å². The largest absolute Gasteiger partial charge is 0.393 e. The van der Waals surface area contributed by atoms with Crippen molar-refractivity contribution >= 4 is 6.29 Å². The minimum absolute atomic E-state index is 0.0945. The van der Waals surface area contributed by atoms with Crippen molar-refractivity contribution in [3.8, 4) is 0 Å². The Kier molecular flexibility index (Phi) is 5.81. The van der Waals surface area contributed by atoms with Crippen molar-refractivity contribution in [3.05, 3.63) is 0 Å². The summed E-state index contributed by atoms with van der Waals surface area (Å²) in [5.41, 5.74) is -1.11. The molecule has 1 unspecified atom stereocenters. The van der Waals surface area contributed by atoms with Gasteiger partial charge in [0.1, 0.15) is 11.7 Å². The van der Waals surface area contributed by atoms with E-state index in [9.17, 15) is 4.79 Å². The number of carbonyl (C=O) groups is 1. The highest BCUT2D eigenvalue weighted by atomic mass is 16.6. The van der Waals surface area contributed by atoms with E-state index in [0.29, 0.717) is 6.29 Å². The molecule has 0 aromatic rings. The molecule has 0 aliphatic carbocycles. The van der Waals surface area contributed by atoms with Gasteiger partial charge in [-0.25, -0.2) is 0 Å². The van der Waals surface area contributed by atoms with E-state index >= 15 is 0 Å². The minimum Gasteiger partial charge on any atom is -0.393 e.